The molecule has 1 rings (SSSR count). The zero-order valence-electron chi connectivity index (χ0n) is 10.6. The highest BCUT2D eigenvalue weighted by Gasteiger charge is 2.57. The highest BCUT2D eigenvalue weighted by Crippen LogP contribution is 2.40. The number of ether oxygens (including phenoxy) is 2. The van der Waals surface area contributed by atoms with Crippen LogP contribution in [-0.2, 0) is 10.4 Å². The molecule has 0 saturated carbocycles. The summed E-state index contributed by atoms with van der Waals surface area (Å²) in [6, 6.07) is 3.56. The van der Waals surface area contributed by atoms with Crippen molar-refractivity contribution in [2.45, 2.75) is 18.4 Å². The fourth-order valence-corrected chi connectivity index (χ4v) is 1.53. The Balaban J connectivity index is 3.33. The number of alkyl halides is 2. The molecule has 1 aromatic rings. The zero-order chi connectivity index (χ0) is 14.8. The Hall–Kier alpha value is -1.89. The van der Waals surface area contributed by atoms with Crippen molar-refractivity contribution in [3.63, 3.8) is 0 Å². The van der Waals surface area contributed by atoms with E-state index >= 15 is 0 Å². The van der Waals surface area contributed by atoms with Gasteiger partial charge in [0.15, 0.2) is 17.1 Å². The summed E-state index contributed by atoms with van der Waals surface area (Å²) in [6.07, 6.45) is 0. The van der Waals surface area contributed by atoms with Crippen molar-refractivity contribution in [2.75, 3.05) is 14.2 Å². The van der Waals surface area contributed by atoms with E-state index in [4.69, 9.17) is 14.6 Å². The van der Waals surface area contributed by atoms with Gasteiger partial charge in [-0.05, 0) is 24.6 Å². The maximum atomic E-state index is 13.5. The number of halogens is 2. The lowest BCUT2D eigenvalue weighted by Crippen LogP contribution is -2.48. The Bertz CT molecular complexity index is 485. The van der Waals surface area contributed by atoms with Gasteiger partial charge in [-0.3, -0.25) is 0 Å². The van der Waals surface area contributed by atoms with Crippen LogP contribution in [-0.4, -0.2) is 36.3 Å². The summed E-state index contributed by atoms with van der Waals surface area (Å²) in [7, 11) is 2.66. The van der Waals surface area contributed by atoms with Gasteiger partial charge in [0.1, 0.15) is 0 Å². The molecule has 0 aromatic heterocycles. The summed E-state index contributed by atoms with van der Waals surface area (Å²) in [5.41, 5.74) is -3.17. The van der Waals surface area contributed by atoms with Gasteiger partial charge in [-0.1, -0.05) is 6.07 Å². The van der Waals surface area contributed by atoms with Crippen molar-refractivity contribution in [2.24, 2.45) is 0 Å². The van der Waals surface area contributed by atoms with Gasteiger partial charge in [0.2, 0.25) is 0 Å². The molecular formula is C12H14F2O5. The van der Waals surface area contributed by atoms with Crippen molar-refractivity contribution in [3.05, 3.63) is 23.8 Å². The topological polar surface area (TPSA) is 76.0 Å². The van der Waals surface area contributed by atoms with Crippen LogP contribution in [0.1, 0.15) is 12.5 Å². The fourth-order valence-electron chi connectivity index (χ4n) is 1.53. The average molecular weight is 276 g/mol. The molecule has 0 aliphatic carbocycles. The van der Waals surface area contributed by atoms with Crippen LogP contribution in [0.2, 0.25) is 0 Å². The van der Waals surface area contributed by atoms with Gasteiger partial charge in [0, 0.05) is 0 Å². The molecule has 5 nitrogen and oxygen atoms in total. The lowest BCUT2D eigenvalue weighted by molar-refractivity contribution is -0.207. The maximum absolute atomic E-state index is 13.5. The van der Waals surface area contributed by atoms with Crippen molar-refractivity contribution in [1.82, 2.24) is 0 Å². The van der Waals surface area contributed by atoms with E-state index in [2.05, 4.69) is 0 Å². The Morgan fingerprint density at radius 1 is 1.21 bits per heavy atom. The van der Waals surface area contributed by atoms with Gasteiger partial charge in [0.25, 0.3) is 0 Å². The predicted molar refractivity (Wildman–Crippen MR) is 61.7 cm³/mol. The van der Waals surface area contributed by atoms with Gasteiger partial charge in [-0.25, -0.2) is 4.79 Å². The van der Waals surface area contributed by atoms with Crippen molar-refractivity contribution < 1.29 is 33.3 Å². The Morgan fingerprint density at radius 3 is 2.16 bits per heavy atom. The molecule has 0 fully saturated rings. The summed E-state index contributed by atoms with van der Waals surface area (Å²) < 4.78 is 36.9. The number of carboxylic acid groups (broad SMARTS) is 1. The van der Waals surface area contributed by atoms with E-state index in [1.165, 1.54) is 20.3 Å². The molecule has 7 heteroatoms. The fraction of sp³-hybridized carbons (Fsp3) is 0.417. The van der Waals surface area contributed by atoms with Crippen LogP contribution in [0, 0.1) is 0 Å². The molecule has 0 aliphatic heterocycles. The third-order valence-electron chi connectivity index (χ3n) is 2.83. The molecule has 2 N–H and O–H groups in total. The molecule has 0 saturated heterocycles. The van der Waals surface area contributed by atoms with Gasteiger partial charge < -0.3 is 19.7 Å². The number of rotatable bonds is 5. The number of carbonyl (C=O) groups is 1. The highest BCUT2D eigenvalue weighted by molar-refractivity contribution is 5.77. The second-order valence-corrected chi connectivity index (χ2v) is 4.02. The summed E-state index contributed by atoms with van der Waals surface area (Å²) in [5.74, 6) is -6.36. The molecule has 1 unspecified atom stereocenters. The second-order valence-electron chi connectivity index (χ2n) is 4.02. The predicted octanol–water partition coefficient (Wildman–Crippen LogP) is 1.63. The minimum absolute atomic E-state index is 0.112. The van der Waals surface area contributed by atoms with E-state index in [1.807, 2.05) is 0 Å². The van der Waals surface area contributed by atoms with Gasteiger partial charge >= 0.3 is 11.9 Å². The molecule has 0 heterocycles. The number of carboxylic acids is 1. The first-order valence-electron chi connectivity index (χ1n) is 5.24. The largest absolute Gasteiger partial charge is 0.493 e. The van der Waals surface area contributed by atoms with E-state index in [-0.39, 0.29) is 17.1 Å². The van der Waals surface area contributed by atoms with Gasteiger partial charge in [0.05, 0.1) is 14.2 Å². The lowest BCUT2D eigenvalue weighted by atomic mass is 9.89. The quantitative estimate of drug-likeness (QED) is 0.854. The van der Waals surface area contributed by atoms with E-state index in [0.717, 1.165) is 19.1 Å². The van der Waals surface area contributed by atoms with Crippen LogP contribution in [0.5, 0.6) is 11.5 Å². The molecule has 106 valence electrons. The highest BCUT2D eigenvalue weighted by atomic mass is 19.3. The summed E-state index contributed by atoms with van der Waals surface area (Å²) in [6.45, 7) is 0.725. The molecule has 0 radical (unpaired) electrons. The Morgan fingerprint density at radius 2 is 1.74 bits per heavy atom. The van der Waals surface area contributed by atoms with Gasteiger partial charge in [-0.15, -0.1) is 0 Å². The molecule has 0 amide bonds. The van der Waals surface area contributed by atoms with Crippen LogP contribution < -0.4 is 9.47 Å². The van der Waals surface area contributed by atoms with Crippen LogP contribution >= 0.6 is 0 Å². The normalized spacial score (nSPS) is 14.6. The number of aliphatic hydroxyl groups is 1. The van der Waals surface area contributed by atoms with Crippen LogP contribution in [0.15, 0.2) is 18.2 Å². The third-order valence-corrected chi connectivity index (χ3v) is 2.83. The molecule has 1 aromatic carbocycles. The van der Waals surface area contributed by atoms with Crippen LogP contribution in [0.3, 0.4) is 0 Å². The van der Waals surface area contributed by atoms with Crippen LogP contribution in [0.25, 0.3) is 0 Å². The number of benzene rings is 1. The lowest BCUT2D eigenvalue weighted by Gasteiger charge is -2.30. The first kappa shape index (κ1) is 15.2. The zero-order valence-corrected chi connectivity index (χ0v) is 10.6. The van der Waals surface area contributed by atoms with Crippen molar-refractivity contribution in [3.8, 4) is 11.5 Å². The van der Waals surface area contributed by atoms with Gasteiger partial charge in [-0.2, -0.15) is 8.78 Å². The number of hydrogen-bond donors (Lipinski definition) is 2. The summed E-state index contributed by atoms with van der Waals surface area (Å²) >= 11 is 0. The minimum atomic E-state index is -4.34. The van der Waals surface area contributed by atoms with E-state index in [0.29, 0.717) is 0 Å². The number of hydrogen-bond acceptors (Lipinski definition) is 4. The Kier molecular flexibility index (Phi) is 4.00. The second kappa shape index (κ2) is 5.00. The molecular weight excluding hydrogens is 262 g/mol. The van der Waals surface area contributed by atoms with E-state index in [9.17, 15) is 18.7 Å². The van der Waals surface area contributed by atoms with Crippen LogP contribution in [0.4, 0.5) is 8.78 Å². The SMILES string of the molecule is COc1ccc(C(C)(O)C(F)(F)C(=O)O)cc1OC. The molecule has 19 heavy (non-hydrogen) atoms. The number of aliphatic carboxylic acids is 1. The number of methoxy groups -OCH3 is 2. The first-order chi connectivity index (χ1) is 8.68. The third kappa shape index (κ3) is 2.46. The smallest absolute Gasteiger partial charge is 0.378 e. The Labute approximate surface area is 108 Å². The van der Waals surface area contributed by atoms with E-state index < -0.39 is 17.5 Å². The minimum Gasteiger partial charge on any atom is -0.493 e. The molecule has 0 bridgehead atoms. The first-order valence-corrected chi connectivity index (χ1v) is 5.24. The molecule has 0 aliphatic rings. The van der Waals surface area contributed by atoms with E-state index in [1.54, 1.807) is 0 Å². The molecule has 1 atom stereocenters. The molecule has 0 spiro atoms. The van der Waals surface area contributed by atoms with Crippen molar-refractivity contribution >= 4 is 5.97 Å². The maximum Gasteiger partial charge on any atom is 0.378 e. The standard InChI is InChI=1S/C12H14F2O5/c1-11(17,12(13,14)10(15)16)7-4-5-8(18-2)9(6-7)19-3/h4-6,17H,1-3H3,(H,15,16). The monoisotopic (exact) mass is 276 g/mol. The summed E-state index contributed by atoms with van der Waals surface area (Å²) in [5, 5.41) is 18.3. The summed E-state index contributed by atoms with van der Waals surface area (Å²) in [4.78, 5) is 10.6. The average Bonchev–Trinajstić information content (AvgIpc) is 2.37. The van der Waals surface area contributed by atoms with Crippen molar-refractivity contribution in [1.29, 1.82) is 0 Å².